The van der Waals surface area contributed by atoms with Crippen LogP contribution in [-0.2, 0) is 14.3 Å². The van der Waals surface area contributed by atoms with Crippen molar-refractivity contribution in [3.8, 4) is 5.75 Å². The lowest BCUT2D eigenvalue weighted by atomic mass is 10.0. The first-order chi connectivity index (χ1) is 12.4. The molecule has 5 heteroatoms. The first-order valence-electron chi connectivity index (χ1n) is 8.49. The summed E-state index contributed by atoms with van der Waals surface area (Å²) in [5.74, 6) is 0.0932. The second-order valence-corrected chi connectivity index (χ2v) is 6.25. The Morgan fingerprint density at radius 2 is 1.62 bits per heavy atom. The van der Waals surface area contributed by atoms with Crippen molar-refractivity contribution in [1.82, 2.24) is 0 Å². The van der Waals surface area contributed by atoms with E-state index in [0.29, 0.717) is 11.4 Å². The van der Waals surface area contributed by atoms with Gasteiger partial charge in [0.1, 0.15) is 5.75 Å². The number of methoxy groups -OCH3 is 2. The molecule has 0 aliphatic rings. The van der Waals surface area contributed by atoms with Gasteiger partial charge in [0.05, 0.1) is 32.0 Å². The van der Waals surface area contributed by atoms with E-state index in [4.69, 9.17) is 4.74 Å². The lowest BCUT2D eigenvalue weighted by Crippen LogP contribution is -2.28. The molecule has 138 valence electrons. The summed E-state index contributed by atoms with van der Waals surface area (Å²) >= 11 is 0. The highest BCUT2D eigenvalue weighted by Gasteiger charge is 2.23. The Morgan fingerprint density at radius 1 is 0.962 bits per heavy atom. The van der Waals surface area contributed by atoms with Crippen LogP contribution in [0.1, 0.15) is 29.5 Å². The monoisotopic (exact) mass is 355 g/mol. The van der Waals surface area contributed by atoms with E-state index in [0.717, 1.165) is 22.4 Å². The van der Waals surface area contributed by atoms with Crippen molar-refractivity contribution in [2.45, 2.75) is 33.6 Å². The number of carbonyl (C=O) groups is 2. The molecule has 0 N–H and O–H groups in total. The van der Waals surface area contributed by atoms with E-state index in [1.165, 1.54) is 7.11 Å². The highest BCUT2D eigenvalue weighted by Crippen LogP contribution is 2.34. The number of esters is 1. The molecular weight excluding hydrogens is 330 g/mol. The largest absolute Gasteiger partial charge is 0.497 e. The summed E-state index contributed by atoms with van der Waals surface area (Å²) in [5.41, 5.74) is 4.66. The Kier molecular flexibility index (Phi) is 6.39. The highest BCUT2D eigenvalue weighted by atomic mass is 16.5. The van der Waals surface area contributed by atoms with Crippen molar-refractivity contribution >= 4 is 23.3 Å². The van der Waals surface area contributed by atoms with Crippen LogP contribution in [-0.4, -0.2) is 26.1 Å². The number of hydrogen-bond acceptors (Lipinski definition) is 4. The Bertz CT molecular complexity index is 790. The first kappa shape index (κ1) is 19.5. The molecule has 26 heavy (non-hydrogen) atoms. The fraction of sp³-hybridized carbons (Fsp3) is 0.333. The van der Waals surface area contributed by atoms with Gasteiger partial charge in [0, 0.05) is 12.5 Å². The molecule has 0 atom stereocenters. The normalized spacial score (nSPS) is 10.3. The van der Waals surface area contributed by atoms with E-state index < -0.39 is 5.97 Å². The first-order valence-corrected chi connectivity index (χ1v) is 8.49. The fourth-order valence-corrected chi connectivity index (χ4v) is 3.10. The molecule has 2 aromatic rings. The van der Waals surface area contributed by atoms with Crippen LogP contribution >= 0.6 is 0 Å². The quantitative estimate of drug-likeness (QED) is 0.727. The van der Waals surface area contributed by atoms with Crippen molar-refractivity contribution in [2.24, 2.45) is 0 Å². The van der Waals surface area contributed by atoms with Crippen LogP contribution in [0.25, 0.3) is 0 Å². The van der Waals surface area contributed by atoms with Gasteiger partial charge in [0.15, 0.2) is 0 Å². The molecule has 0 radical (unpaired) electrons. The van der Waals surface area contributed by atoms with Gasteiger partial charge in [0.2, 0.25) is 5.91 Å². The van der Waals surface area contributed by atoms with E-state index in [1.807, 2.05) is 57.2 Å². The summed E-state index contributed by atoms with van der Waals surface area (Å²) < 4.78 is 9.97. The number of ether oxygens (including phenoxy) is 2. The molecule has 0 unspecified atom stereocenters. The van der Waals surface area contributed by atoms with Crippen molar-refractivity contribution in [3.63, 3.8) is 0 Å². The minimum absolute atomic E-state index is 0.0414. The van der Waals surface area contributed by atoms with Crippen LogP contribution in [0.4, 0.5) is 11.4 Å². The third kappa shape index (κ3) is 4.42. The summed E-state index contributed by atoms with van der Waals surface area (Å²) in [6, 6.07) is 11.4. The zero-order chi connectivity index (χ0) is 19.3. The van der Waals surface area contributed by atoms with E-state index in [9.17, 15) is 9.59 Å². The third-order valence-corrected chi connectivity index (χ3v) is 4.19. The minimum atomic E-state index is -0.402. The van der Waals surface area contributed by atoms with Gasteiger partial charge in [0.25, 0.3) is 0 Å². The summed E-state index contributed by atoms with van der Waals surface area (Å²) in [6.45, 7) is 5.99. The molecular formula is C21H25NO4. The zero-order valence-electron chi connectivity index (χ0n) is 16.0. The number of carbonyl (C=O) groups excluding carboxylic acids is 2. The van der Waals surface area contributed by atoms with E-state index in [1.54, 1.807) is 12.0 Å². The van der Waals surface area contributed by atoms with Crippen LogP contribution in [0.5, 0.6) is 5.75 Å². The lowest BCUT2D eigenvalue weighted by Gasteiger charge is -2.27. The second-order valence-electron chi connectivity index (χ2n) is 6.25. The number of benzene rings is 2. The molecule has 0 aliphatic heterocycles. The number of rotatable bonds is 6. The molecule has 0 fully saturated rings. The van der Waals surface area contributed by atoms with Crippen molar-refractivity contribution in [3.05, 3.63) is 53.1 Å². The molecule has 0 heterocycles. The van der Waals surface area contributed by atoms with Crippen LogP contribution in [0.2, 0.25) is 0 Å². The van der Waals surface area contributed by atoms with Gasteiger partial charge in [-0.2, -0.15) is 0 Å². The van der Waals surface area contributed by atoms with Gasteiger partial charge < -0.3 is 9.47 Å². The van der Waals surface area contributed by atoms with Crippen molar-refractivity contribution in [2.75, 3.05) is 19.1 Å². The van der Waals surface area contributed by atoms with Crippen molar-refractivity contribution in [1.29, 1.82) is 0 Å². The Hall–Kier alpha value is -2.82. The Morgan fingerprint density at radius 3 is 2.19 bits per heavy atom. The predicted molar refractivity (Wildman–Crippen MR) is 102 cm³/mol. The predicted octanol–water partition coefficient (Wildman–Crippen LogP) is 4.24. The van der Waals surface area contributed by atoms with Gasteiger partial charge in [-0.25, -0.2) is 0 Å². The molecule has 0 spiro atoms. The number of anilines is 2. The SMILES string of the molecule is COC(=O)CCC(=O)N(c1cccc(OC)c1)c1c(C)cc(C)cc1C. The molecule has 0 saturated heterocycles. The topological polar surface area (TPSA) is 55.8 Å². The molecule has 2 aromatic carbocycles. The maximum absolute atomic E-state index is 13.0. The second kappa shape index (κ2) is 8.52. The summed E-state index contributed by atoms with van der Waals surface area (Å²) in [7, 11) is 2.91. The Labute approximate surface area is 154 Å². The van der Waals surface area contributed by atoms with Gasteiger partial charge in [-0.15, -0.1) is 0 Å². The van der Waals surface area contributed by atoms with E-state index in [2.05, 4.69) is 4.74 Å². The number of hydrogen-bond donors (Lipinski definition) is 0. The van der Waals surface area contributed by atoms with Crippen molar-refractivity contribution < 1.29 is 19.1 Å². The molecule has 2 rings (SSSR count). The van der Waals surface area contributed by atoms with Crippen LogP contribution in [0, 0.1) is 20.8 Å². The van der Waals surface area contributed by atoms with E-state index in [-0.39, 0.29) is 18.7 Å². The average Bonchev–Trinajstić information content (AvgIpc) is 2.62. The third-order valence-electron chi connectivity index (χ3n) is 4.19. The number of aryl methyl sites for hydroxylation is 3. The molecule has 0 aliphatic carbocycles. The zero-order valence-corrected chi connectivity index (χ0v) is 16.0. The summed E-state index contributed by atoms with van der Waals surface area (Å²) in [6.07, 6.45) is 0.108. The van der Waals surface area contributed by atoms with Crippen LogP contribution in [0.3, 0.4) is 0 Å². The Balaban J connectivity index is 2.51. The molecule has 5 nitrogen and oxygen atoms in total. The minimum Gasteiger partial charge on any atom is -0.497 e. The van der Waals surface area contributed by atoms with E-state index >= 15 is 0 Å². The van der Waals surface area contributed by atoms with Gasteiger partial charge >= 0.3 is 5.97 Å². The molecule has 0 saturated carbocycles. The van der Waals surface area contributed by atoms with Gasteiger partial charge in [-0.05, 0) is 44.0 Å². The summed E-state index contributed by atoms with van der Waals surface area (Å²) in [5, 5.41) is 0. The van der Waals surface area contributed by atoms with Gasteiger partial charge in [-0.1, -0.05) is 23.8 Å². The average molecular weight is 355 g/mol. The summed E-state index contributed by atoms with van der Waals surface area (Å²) in [4.78, 5) is 26.2. The van der Waals surface area contributed by atoms with Gasteiger partial charge in [-0.3, -0.25) is 14.5 Å². The number of nitrogens with zero attached hydrogens (tertiary/aromatic N) is 1. The van der Waals surface area contributed by atoms with Crippen LogP contribution < -0.4 is 9.64 Å². The maximum Gasteiger partial charge on any atom is 0.306 e. The molecule has 0 aromatic heterocycles. The number of amides is 1. The molecule has 1 amide bonds. The fourth-order valence-electron chi connectivity index (χ4n) is 3.10. The maximum atomic E-state index is 13.0. The lowest BCUT2D eigenvalue weighted by molar-refractivity contribution is -0.141. The standard InChI is InChI=1S/C21H25NO4/c1-14-11-15(2)21(16(3)12-14)22(19(23)9-10-20(24)26-5)17-7-6-8-18(13-17)25-4/h6-8,11-13H,9-10H2,1-5H3. The van der Waals surface area contributed by atoms with Crippen LogP contribution in [0.15, 0.2) is 36.4 Å². The molecule has 0 bridgehead atoms. The smallest absolute Gasteiger partial charge is 0.306 e. The highest BCUT2D eigenvalue weighted by molar-refractivity contribution is 6.03.